The molecular weight excluding hydrogens is 818 g/mol. The summed E-state index contributed by atoms with van der Waals surface area (Å²) in [6, 6.07) is 24.4. The maximum absolute atomic E-state index is 13.5. The quantitative estimate of drug-likeness (QED) is 0.181. The van der Waals surface area contributed by atoms with Gasteiger partial charge in [0.25, 0.3) is 0 Å². The van der Waals surface area contributed by atoms with Crippen molar-refractivity contribution in [2.45, 2.75) is 37.0 Å². The third-order valence-corrected chi connectivity index (χ3v) is 8.87. The van der Waals surface area contributed by atoms with Gasteiger partial charge in [0.2, 0.25) is 0 Å². The number of amides is 4. The molecule has 2 heterocycles. The van der Waals surface area contributed by atoms with Crippen LogP contribution in [0.3, 0.4) is 0 Å². The minimum Gasteiger partial charge on any atom is -0.311 e. The molecule has 0 aromatic heterocycles. The van der Waals surface area contributed by atoms with Crippen LogP contribution >= 0.6 is 0 Å². The molecule has 4 amide bonds. The Bertz CT molecular complexity index is 2100. The van der Waals surface area contributed by atoms with Gasteiger partial charge in [-0.05, 0) is 58.7 Å². The zero-order chi connectivity index (χ0) is 43.2. The lowest BCUT2D eigenvalue weighted by Gasteiger charge is -2.32. The number of halogens is 12. The third-order valence-electron chi connectivity index (χ3n) is 8.87. The van der Waals surface area contributed by atoms with Gasteiger partial charge < -0.3 is 4.90 Å². The van der Waals surface area contributed by atoms with E-state index in [4.69, 9.17) is 0 Å². The molecule has 0 saturated heterocycles. The van der Waals surface area contributed by atoms with Crippen LogP contribution in [-0.4, -0.2) is 67.9 Å². The van der Waals surface area contributed by atoms with E-state index in [9.17, 15) is 71.9 Å². The predicted molar refractivity (Wildman–Crippen MR) is 182 cm³/mol. The highest BCUT2D eigenvalue weighted by Crippen LogP contribution is 2.42. The molecular formula is C38H23F12N5O4. The number of benzene rings is 4. The van der Waals surface area contributed by atoms with Crippen LogP contribution in [0.2, 0.25) is 0 Å². The van der Waals surface area contributed by atoms with E-state index in [1.54, 1.807) is 54.6 Å². The third kappa shape index (κ3) is 8.44. The fourth-order valence-electron chi connectivity index (χ4n) is 6.30. The second-order valence-electron chi connectivity index (χ2n) is 12.6. The van der Waals surface area contributed by atoms with Gasteiger partial charge in [-0.2, -0.15) is 52.7 Å². The van der Waals surface area contributed by atoms with E-state index < -0.39 is 60.7 Å². The van der Waals surface area contributed by atoms with E-state index in [1.165, 1.54) is 29.2 Å². The van der Waals surface area contributed by atoms with Gasteiger partial charge in [-0.15, -0.1) is 0 Å². The van der Waals surface area contributed by atoms with Gasteiger partial charge >= 0.3 is 48.3 Å². The standard InChI is InChI=1S/C38H23F12N5O4/c39-35(40,41)31(56)51-18-19-52(32(57)36(42,43)44)29(51)24-8-14-27(15-9-24)55(26-12-6-23(7-13-26)22-4-2-1-3-5-22)28-16-10-25(11-17-28)30-53(33(58)37(45,46)47)20-21-54(30)34(59)38(48,49)50/h1-21,29-30H. The predicted octanol–water partition coefficient (Wildman–Crippen LogP) is 9.35. The molecule has 6 rings (SSSR count). The summed E-state index contributed by atoms with van der Waals surface area (Å²) in [5, 5.41) is 0. The smallest absolute Gasteiger partial charge is 0.311 e. The van der Waals surface area contributed by atoms with Crippen molar-refractivity contribution in [1.82, 2.24) is 19.6 Å². The number of carbonyl (C=O) groups is 4. The summed E-state index contributed by atoms with van der Waals surface area (Å²) in [5.74, 6) is -10.3. The second kappa shape index (κ2) is 15.2. The van der Waals surface area contributed by atoms with Crippen molar-refractivity contribution < 1.29 is 71.9 Å². The summed E-state index contributed by atoms with van der Waals surface area (Å²) in [4.78, 5) is 50.0. The first-order chi connectivity index (χ1) is 27.5. The van der Waals surface area contributed by atoms with Crippen LogP contribution < -0.4 is 4.90 Å². The van der Waals surface area contributed by atoms with E-state index in [0.717, 1.165) is 35.4 Å². The Hall–Kier alpha value is -6.80. The fourth-order valence-corrected chi connectivity index (χ4v) is 6.30. The van der Waals surface area contributed by atoms with Crippen LogP contribution in [0.1, 0.15) is 23.5 Å². The van der Waals surface area contributed by atoms with Crippen LogP contribution in [0.4, 0.5) is 69.7 Å². The van der Waals surface area contributed by atoms with E-state index in [-0.39, 0.29) is 42.1 Å². The molecule has 0 unspecified atom stereocenters. The highest BCUT2D eigenvalue weighted by Gasteiger charge is 2.53. The molecule has 0 saturated carbocycles. The van der Waals surface area contributed by atoms with Crippen LogP contribution in [-0.2, 0) is 19.2 Å². The van der Waals surface area contributed by atoms with Gasteiger partial charge in [0, 0.05) is 41.9 Å². The number of nitrogens with zero attached hydrogens (tertiary/aromatic N) is 5. The molecule has 0 radical (unpaired) electrons. The lowest BCUT2D eigenvalue weighted by molar-refractivity contribution is -0.193. The van der Waals surface area contributed by atoms with Crippen LogP contribution in [0.15, 0.2) is 128 Å². The summed E-state index contributed by atoms with van der Waals surface area (Å²) in [7, 11) is 0. The Kier molecular flexibility index (Phi) is 10.8. The molecule has 0 N–H and O–H groups in total. The SMILES string of the molecule is O=C(N1C=CN(C(=O)C(F)(F)F)C1c1ccc(N(c2ccc(-c3ccccc3)cc2)c2ccc(C3N(C(=O)C(F)(F)F)C=CN3C(=O)C(F)(F)F)cc2)cc1)C(F)(F)F. The Morgan fingerprint density at radius 3 is 0.898 bits per heavy atom. The van der Waals surface area contributed by atoms with Gasteiger partial charge in [-0.3, -0.25) is 38.8 Å². The van der Waals surface area contributed by atoms with Crippen LogP contribution in [0.5, 0.6) is 0 Å². The Morgan fingerprint density at radius 1 is 0.373 bits per heavy atom. The molecule has 0 atom stereocenters. The molecule has 308 valence electrons. The maximum Gasteiger partial charge on any atom is 0.471 e. The summed E-state index contributed by atoms with van der Waals surface area (Å²) >= 11 is 0. The molecule has 0 fully saturated rings. The summed E-state index contributed by atoms with van der Waals surface area (Å²) in [5.41, 5.74) is 1.29. The second-order valence-corrected chi connectivity index (χ2v) is 12.6. The van der Waals surface area contributed by atoms with Crippen molar-refractivity contribution >= 4 is 40.7 Å². The largest absolute Gasteiger partial charge is 0.471 e. The number of alkyl halides is 12. The summed E-state index contributed by atoms with van der Waals surface area (Å²) in [6.07, 6.45) is -25.2. The van der Waals surface area contributed by atoms with Crippen molar-refractivity contribution in [3.8, 4) is 11.1 Å². The highest BCUT2D eigenvalue weighted by molar-refractivity contribution is 5.89. The van der Waals surface area contributed by atoms with Crippen molar-refractivity contribution in [3.05, 3.63) is 139 Å². The van der Waals surface area contributed by atoms with Crippen molar-refractivity contribution in [1.29, 1.82) is 0 Å². The number of carbonyl (C=O) groups excluding carboxylic acids is 4. The van der Waals surface area contributed by atoms with Crippen molar-refractivity contribution in [2.24, 2.45) is 0 Å². The molecule has 0 aliphatic carbocycles. The zero-order valence-corrected chi connectivity index (χ0v) is 29.2. The van der Waals surface area contributed by atoms with Gasteiger partial charge in [0.05, 0.1) is 0 Å². The maximum atomic E-state index is 13.5. The average molecular weight is 842 g/mol. The molecule has 4 aromatic carbocycles. The average Bonchev–Trinajstić information content (AvgIpc) is 3.82. The van der Waals surface area contributed by atoms with E-state index in [2.05, 4.69) is 0 Å². The molecule has 59 heavy (non-hydrogen) atoms. The van der Waals surface area contributed by atoms with E-state index in [0.29, 0.717) is 30.5 Å². The highest BCUT2D eigenvalue weighted by atomic mass is 19.4. The summed E-state index contributed by atoms with van der Waals surface area (Å²) < 4.78 is 162. The first-order valence-corrected chi connectivity index (χ1v) is 16.6. The lowest BCUT2D eigenvalue weighted by atomic mass is 10.0. The molecule has 0 bridgehead atoms. The van der Waals surface area contributed by atoms with Crippen molar-refractivity contribution in [3.63, 3.8) is 0 Å². The number of hydrogen-bond acceptors (Lipinski definition) is 5. The number of rotatable bonds is 6. The molecule has 0 spiro atoms. The fraction of sp³-hybridized carbons (Fsp3) is 0.158. The van der Waals surface area contributed by atoms with Gasteiger partial charge in [-0.25, -0.2) is 0 Å². The Balaban J connectivity index is 1.42. The minimum absolute atomic E-state index is 0.102. The van der Waals surface area contributed by atoms with Gasteiger partial charge in [0.1, 0.15) is 12.3 Å². The Labute approximate surface area is 324 Å². The monoisotopic (exact) mass is 841 g/mol. The molecule has 4 aromatic rings. The Morgan fingerprint density at radius 2 is 0.627 bits per heavy atom. The van der Waals surface area contributed by atoms with E-state index in [1.807, 2.05) is 0 Å². The molecule has 21 heteroatoms. The zero-order valence-electron chi connectivity index (χ0n) is 29.2. The van der Waals surface area contributed by atoms with Crippen molar-refractivity contribution in [2.75, 3.05) is 4.90 Å². The molecule has 2 aliphatic rings. The number of hydrogen-bond donors (Lipinski definition) is 0. The molecule has 2 aliphatic heterocycles. The normalized spacial score (nSPS) is 15.3. The van der Waals surface area contributed by atoms with Crippen LogP contribution in [0, 0.1) is 0 Å². The first-order valence-electron chi connectivity index (χ1n) is 16.6. The molecule has 9 nitrogen and oxygen atoms in total. The van der Waals surface area contributed by atoms with Gasteiger partial charge in [-0.1, -0.05) is 66.7 Å². The summed E-state index contributed by atoms with van der Waals surface area (Å²) in [6.45, 7) is 0. The van der Waals surface area contributed by atoms with Gasteiger partial charge in [0.15, 0.2) is 0 Å². The first kappa shape index (κ1) is 41.8. The lowest BCUT2D eigenvalue weighted by Crippen LogP contribution is -2.46. The van der Waals surface area contributed by atoms with Crippen LogP contribution in [0.25, 0.3) is 11.1 Å². The minimum atomic E-state index is -5.56. The topological polar surface area (TPSA) is 84.5 Å². The number of anilines is 3. The van der Waals surface area contributed by atoms with E-state index >= 15 is 0 Å².